The molecule has 16 nitrogen and oxygen atoms in total. The highest BCUT2D eigenvalue weighted by Gasteiger charge is 2.34. The predicted octanol–water partition coefficient (Wildman–Crippen LogP) is 3.74. The lowest BCUT2D eigenvalue weighted by molar-refractivity contribution is -0.153. The van der Waals surface area contributed by atoms with Crippen molar-refractivity contribution in [3.8, 4) is 0 Å². The summed E-state index contributed by atoms with van der Waals surface area (Å²) in [5.41, 5.74) is 2.36. The fraction of sp³-hybridized carbons (Fsp3) is 0.395. The van der Waals surface area contributed by atoms with Crippen molar-refractivity contribution in [1.82, 2.24) is 19.6 Å². The molecule has 6 heterocycles. The van der Waals surface area contributed by atoms with E-state index >= 15 is 0 Å². The molecule has 0 N–H and O–H groups in total. The Balaban J connectivity index is 0.851. The second-order valence-electron chi connectivity index (χ2n) is 15.2. The summed E-state index contributed by atoms with van der Waals surface area (Å²) >= 11 is 3.12. The number of thiophene rings is 2. The molecule has 0 radical (unpaired) electrons. The van der Waals surface area contributed by atoms with Gasteiger partial charge in [0.1, 0.15) is 21.0 Å². The number of para-hydroxylation sites is 4. The van der Waals surface area contributed by atoms with Crippen LogP contribution in [0.1, 0.15) is 29.0 Å². The van der Waals surface area contributed by atoms with Crippen LogP contribution in [-0.4, -0.2) is 124 Å². The van der Waals surface area contributed by atoms with Crippen molar-refractivity contribution in [2.45, 2.75) is 33.1 Å². The number of esters is 2. The van der Waals surface area contributed by atoms with Gasteiger partial charge in [-0.3, -0.25) is 9.59 Å². The number of hydrogen-bond donors (Lipinski definition) is 0. The van der Waals surface area contributed by atoms with Gasteiger partial charge < -0.3 is 38.5 Å². The molecule has 61 heavy (non-hydrogen) atoms. The smallest absolute Gasteiger partial charge is 0.423 e. The van der Waals surface area contributed by atoms with Crippen LogP contribution >= 0.6 is 22.7 Å². The first-order valence-corrected chi connectivity index (χ1v) is 21.9. The minimum absolute atomic E-state index is 0.102. The summed E-state index contributed by atoms with van der Waals surface area (Å²) in [7, 11) is 4.13. The quantitative estimate of drug-likeness (QED) is 0.169. The third kappa shape index (κ3) is 9.27. The maximum Gasteiger partial charge on any atom is 0.423 e. The maximum absolute atomic E-state index is 13.9. The average molecular weight is 869 g/mol. The number of carbonyl (C=O) groups excluding carboxylic acids is 4. The molecule has 18 heteroatoms. The highest BCUT2D eigenvalue weighted by molar-refractivity contribution is 7.09. The van der Waals surface area contributed by atoms with Crippen LogP contribution in [0.2, 0.25) is 0 Å². The molecule has 2 amide bonds. The summed E-state index contributed by atoms with van der Waals surface area (Å²) < 4.78 is 23.3. The normalized spacial score (nSPS) is 16.5. The Bertz CT molecular complexity index is 2400. The Hall–Kier alpha value is -5.82. The number of benzene rings is 2. The molecule has 320 valence electrons. The monoisotopic (exact) mass is 868 g/mol. The number of nitrogens with zero attached hydrogens (tertiary/aromatic N) is 8. The third-order valence-corrected chi connectivity index (χ3v) is 12.7. The van der Waals surface area contributed by atoms with Crippen molar-refractivity contribution in [2.75, 3.05) is 89.8 Å². The number of hydrogen-bond acceptors (Lipinski definition) is 16. The van der Waals surface area contributed by atoms with Gasteiger partial charge in [-0.1, -0.05) is 24.3 Å². The Kier molecular flexibility index (Phi) is 12.7. The van der Waals surface area contributed by atoms with Crippen LogP contribution < -0.4 is 29.6 Å². The van der Waals surface area contributed by atoms with Gasteiger partial charge in [-0.2, -0.15) is 0 Å². The number of fused-ring (bicyclic) bond motifs is 4. The van der Waals surface area contributed by atoms with Crippen molar-refractivity contribution in [1.29, 1.82) is 0 Å². The zero-order valence-corrected chi connectivity index (χ0v) is 36.3. The lowest BCUT2D eigenvalue weighted by Crippen LogP contribution is -2.51. The van der Waals surface area contributed by atoms with Crippen LogP contribution in [-0.2, 0) is 28.5 Å². The van der Waals surface area contributed by atoms with E-state index in [2.05, 4.69) is 33.7 Å². The molecule has 0 unspecified atom stereocenters. The van der Waals surface area contributed by atoms with Gasteiger partial charge >= 0.3 is 24.1 Å². The molecular formula is C43H48N8O8S2. The Labute approximate surface area is 360 Å². The molecule has 0 atom stereocenters. The van der Waals surface area contributed by atoms with E-state index in [1.807, 2.05) is 74.5 Å². The van der Waals surface area contributed by atoms with Gasteiger partial charge in [0.2, 0.25) is 13.6 Å². The highest BCUT2D eigenvalue weighted by atomic mass is 32.1. The van der Waals surface area contributed by atoms with Crippen LogP contribution in [0.15, 0.2) is 70.6 Å². The molecule has 0 saturated carbocycles. The Morgan fingerprint density at radius 1 is 0.574 bits per heavy atom. The van der Waals surface area contributed by atoms with E-state index < -0.39 is 37.7 Å². The molecule has 0 spiro atoms. The molecule has 8 rings (SSSR count). The molecule has 0 aliphatic carbocycles. The topological polar surface area (TPSA) is 149 Å². The number of piperazine rings is 2. The summed E-state index contributed by atoms with van der Waals surface area (Å²) in [6.45, 7) is 8.84. The zero-order chi connectivity index (χ0) is 42.6. The maximum atomic E-state index is 13.9. The fourth-order valence-electron chi connectivity index (χ4n) is 7.65. The van der Waals surface area contributed by atoms with Crippen molar-refractivity contribution in [3.63, 3.8) is 0 Å². The van der Waals surface area contributed by atoms with Crippen LogP contribution in [0.4, 0.5) is 32.3 Å². The first kappa shape index (κ1) is 41.9. The lowest BCUT2D eigenvalue weighted by atomic mass is 10.2. The Morgan fingerprint density at radius 3 is 1.38 bits per heavy atom. The number of amides is 2. The summed E-state index contributed by atoms with van der Waals surface area (Å²) in [4.78, 5) is 77.1. The minimum atomic E-state index is -0.712. The number of carbonyl (C=O) groups is 4. The van der Waals surface area contributed by atoms with E-state index in [1.54, 1.807) is 22.7 Å². The van der Waals surface area contributed by atoms with Crippen LogP contribution in [0.5, 0.6) is 0 Å². The summed E-state index contributed by atoms with van der Waals surface area (Å²) in [6, 6.07) is 18.8. The largest absolute Gasteiger partial charge is 0.428 e. The molecule has 4 aliphatic heterocycles. The van der Waals surface area contributed by atoms with E-state index in [0.717, 1.165) is 55.7 Å². The van der Waals surface area contributed by atoms with E-state index in [4.69, 9.17) is 28.9 Å². The number of rotatable bonds is 10. The van der Waals surface area contributed by atoms with Crippen LogP contribution in [0.25, 0.3) is 11.6 Å². The summed E-state index contributed by atoms with van der Waals surface area (Å²) in [5.74, 6) is 0.0394. The minimum Gasteiger partial charge on any atom is -0.428 e. The second-order valence-corrected chi connectivity index (χ2v) is 17.7. The number of anilines is 2. The standard InChI is InChI=1S/C43H48N8O8S2/c1-28-24-30-38(60-28)44-32-10-5-7-12-34(32)50(40(30)48-20-16-46(3)17-21-48)42(54)58-26-56-36(52)14-9-15-37(53)57-27-59-43(55)51-35-13-8-6-11-33(35)45-39-31(25-29(2)61-39)41(51)49-22-18-47(4)19-23-49/h5-8,10-13,24-25H,9,14-23,26-27H2,1-4H3. The second kappa shape index (κ2) is 18.4. The van der Waals surface area contributed by atoms with Gasteiger partial charge in [0.25, 0.3) is 0 Å². The lowest BCUT2D eigenvalue weighted by Gasteiger charge is -2.38. The van der Waals surface area contributed by atoms with Gasteiger partial charge in [-0.15, -0.1) is 22.7 Å². The zero-order valence-electron chi connectivity index (χ0n) is 34.6. The third-order valence-electron chi connectivity index (χ3n) is 10.8. The fourth-order valence-corrected chi connectivity index (χ4v) is 9.42. The van der Waals surface area contributed by atoms with Crippen molar-refractivity contribution in [3.05, 3.63) is 90.2 Å². The molecule has 2 aromatic carbocycles. The molecule has 0 bridgehead atoms. The molecule has 2 saturated heterocycles. The van der Waals surface area contributed by atoms with E-state index in [-0.39, 0.29) is 19.3 Å². The van der Waals surface area contributed by atoms with Gasteiger partial charge in [-0.25, -0.2) is 29.4 Å². The molecule has 4 aliphatic rings. The van der Waals surface area contributed by atoms with Crippen LogP contribution in [0, 0.1) is 13.8 Å². The molecular weight excluding hydrogens is 821 g/mol. The summed E-state index contributed by atoms with van der Waals surface area (Å²) in [5, 5.41) is 1.67. The van der Waals surface area contributed by atoms with Gasteiger partial charge in [-0.05, 0) is 70.8 Å². The average Bonchev–Trinajstić information content (AvgIpc) is 3.71. The SMILES string of the molecule is Cc1cc2c(s1)=Nc1ccccc1N(C(=O)OCOC(=O)CCCC(=O)OCOC(=O)N1C(N3CCN(C)CC3)=c3cc(C)sc3=Nc3ccccc31)C=2N1CCN(C)CC1. The molecule has 2 fully saturated rings. The Morgan fingerprint density at radius 2 is 0.967 bits per heavy atom. The number of likely N-dealkylation sites (N-methyl/N-ethyl adjacent to an activating group) is 2. The predicted molar refractivity (Wildman–Crippen MR) is 231 cm³/mol. The highest BCUT2D eigenvalue weighted by Crippen LogP contribution is 2.36. The molecule has 2 aromatic heterocycles. The van der Waals surface area contributed by atoms with Gasteiger partial charge in [0.15, 0.2) is 0 Å². The van der Waals surface area contributed by atoms with Crippen molar-refractivity contribution >= 4 is 81.2 Å². The first-order valence-electron chi connectivity index (χ1n) is 20.2. The van der Waals surface area contributed by atoms with E-state index in [0.29, 0.717) is 60.6 Å². The van der Waals surface area contributed by atoms with Crippen molar-refractivity contribution < 1.29 is 38.1 Å². The van der Waals surface area contributed by atoms with Crippen molar-refractivity contribution in [2.24, 2.45) is 9.98 Å². The molecule has 4 aromatic rings. The van der Waals surface area contributed by atoms with Gasteiger partial charge in [0.05, 0.1) is 33.2 Å². The van der Waals surface area contributed by atoms with E-state index in [1.165, 1.54) is 9.80 Å². The van der Waals surface area contributed by atoms with Gasteiger partial charge in [0, 0.05) is 75.0 Å². The van der Waals surface area contributed by atoms with E-state index in [9.17, 15) is 19.2 Å². The van der Waals surface area contributed by atoms with Crippen LogP contribution in [0.3, 0.4) is 0 Å². The first-order chi connectivity index (χ1) is 29.5. The number of aryl methyl sites for hydroxylation is 2. The summed E-state index contributed by atoms with van der Waals surface area (Å²) in [6.07, 6.45) is -1.58. The number of ether oxygens (including phenoxy) is 4.